The highest BCUT2D eigenvalue weighted by Gasteiger charge is 2.44. The average Bonchev–Trinajstić information content (AvgIpc) is 2.91. The lowest BCUT2D eigenvalue weighted by molar-refractivity contribution is -0.308. The number of aliphatic hydroxyl groups is 6. The van der Waals surface area contributed by atoms with Gasteiger partial charge in [-0.05, 0) is 39.0 Å². The molecule has 10 heteroatoms. The third kappa shape index (κ3) is 12.8. The van der Waals surface area contributed by atoms with Gasteiger partial charge in [0.05, 0.1) is 31.0 Å². The van der Waals surface area contributed by atoms with E-state index in [0.29, 0.717) is 12.8 Å². The smallest absolute Gasteiger partial charge is 0.331 e. The van der Waals surface area contributed by atoms with Crippen LogP contribution in [0.5, 0.6) is 0 Å². The first-order chi connectivity index (χ1) is 19.2. The van der Waals surface area contributed by atoms with Crippen molar-refractivity contribution in [2.24, 2.45) is 0 Å². The molecule has 2 heterocycles. The number of cyclic esters (lactones) is 1. The Bertz CT molecular complexity index is 906. The summed E-state index contributed by atoms with van der Waals surface area (Å²) in [7, 11) is 0. The van der Waals surface area contributed by atoms with Crippen molar-refractivity contribution in [1.82, 2.24) is 0 Å². The summed E-state index contributed by atoms with van der Waals surface area (Å²) in [5, 5.41) is 60.6. The van der Waals surface area contributed by atoms with Crippen LogP contribution in [0.1, 0.15) is 45.4 Å². The second-order valence-electron chi connectivity index (χ2n) is 9.89. The zero-order valence-electron chi connectivity index (χ0n) is 22.9. The molecule has 0 saturated carbocycles. The van der Waals surface area contributed by atoms with Gasteiger partial charge >= 0.3 is 5.97 Å². The molecule has 1 fully saturated rings. The average molecular weight is 565 g/mol. The Morgan fingerprint density at radius 1 is 0.875 bits per heavy atom. The summed E-state index contributed by atoms with van der Waals surface area (Å²) in [5.74, 6) is -0.428. The van der Waals surface area contributed by atoms with Crippen molar-refractivity contribution in [1.29, 1.82) is 0 Å². The lowest BCUT2D eigenvalue weighted by Crippen LogP contribution is -2.59. The maximum absolute atomic E-state index is 11.9. The Labute approximate surface area is 235 Å². The Balaban J connectivity index is 2.10. The van der Waals surface area contributed by atoms with E-state index in [1.54, 1.807) is 54.7 Å². The van der Waals surface area contributed by atoms with Gasteiger partial charge in [-0.2, -0.15) is 0 Å². The predicted octanol–water partition coefficient (Wildman–Crippen LogP) is 1.52. The lowest BCUT2D eigenvalue weighted by Gasteiger charge is -2.40. The molecule has 224 valence electrons. The van der Waals surface area contributed by atoms with Gasteiger partial charge < -0.3 is 44.8 Å². The summed E-state index contributed by atoms with van der Waals surface area (Å²) in [6.45, 7) is 1.26. The number of ether oxygens (including phenoxy) is 3. The van der Waals surface area contributed by atoms with E-state index < -0.39 is 61.6 Å². The first kappa shape index (κ1) is 33.8. The van der Waals surface area contributed by atoms with Crippen LogP contribution < -0.4 is 0 Å². The molecule has 2 aliphatic heterocycles. The van der Waals surface area contributed by atoms with E-state index in [2.05, 4.69) is 0 Å². The molecule has 0 amide bonds. The van der Waals surface area contributed by atoms with Crippen LogP contribution in [0.2, 0.25) is 0 Å². The van der Waals surface area contributed by atoms with E-state index in [9.17, 15) is 35.4 Å². The summed E-state index contributed by atoms with van der Waals surface area (Å²) in [4.78, 5) is 11.9. The number of rotatable bonds is 3. The van der Waals surface area contributed by atoms with E-state index in [1.165, 1.54) is 6.08 Å². The third-order valence-corrected chi connectivity index (χ3v) is 6.38. The molecule has 10 nitrogen and oxygen atoms in total. The van der Waals surface area contributed by atoms with Gasteiger partial charge in [-0.3, -0.25) is 0 Å². The van der Waals surface area contributed by atoms with E-state index in [-0.39, 0.29) is 18.9 Å². The van der Waals surface area contributed by atoms with Crippen LogP contribution in [0.25, 0.3) is 0 Å². The number of carbonyl (C=O) groups is 1. The summed E-state index contributed by atoms with van der Waals surface area (Å²) >= 11 is 0. The Morgan fingerprint density at radius 3 is 2.35 bits per heavy atom. The molecule has 40 heavy (non-hydrogen) atoms. The molecule has 1 saturated heterocycles. The number of esters is 1. The summed E-state index contributed by atoms with van der Waals surface area (Å²) in [6.07, 6.45) is 13.7. The van der Waals surface area contributed by atoms with Gasteiger partial charge in [-0.25, -0.2) is 4.79 Å². The SMILES string of the molecule is C[C@@H]1CCC/C=C/C=C/[C@H](O[C@@H]2O[C@H](CO)[C@@H](O)[C@H](O)[C@H]2O)C[C@@H](O)C/C=C\C=C\[C@@H](O)C/C=C/C=C\C(=O)O1. The molecule has 0 bridgehead atoms. The highest BCUT2D eigenvalue weighted by molar-refractivity contribution is 5.82. The minimum absolute atomic E-state index is 0.136. The van der Waals surface area contributed by atoms with Gasteiger partial charge in [0, 0.05) is 12.5 Å². The molecule has 2 rings (SSSR count). The largest absolute Gasteiger partial charge is 0.460 e. The van der Waals surface area contributed by atoms with Crippen molar-refractivity contribution >= 4 is 5.97 Å². The number of carbonyl (C=O) groups excluding carboxylic acids is 1. The molecule has 2 aliphatic rings. The highest BCUT2D eigenvalue weighted by Crippen LogP contribution is 2.24. The van der Waals surface area contributed by atoms with Crippen molar-refractivity contribution < 1.29 is 49.6 Å². The van der Waals surface area contributed by atoms with E-state index in [1.807, 2.05) is 19.1 Å². The zero-order valence-corrected chi connectivity index (χ0v) is 22.9. The first-order valence-electron chi connectivity index (χ1n) is 13.7. The van der Waals surface area contributed by atoms with Gasteiger partial charge in [0.15, 0.2) is 6.29 Å². The maximum Gasteiger partial charge on any atom is 0.331 e. The number of aliphatic hydroxyl groups excluding tert-OH is 6. The predicted molar refractivity (Wildman–Crippen MR) is 149 cm³/mol. The summed E-state index contributed by atoms with van der Waals surface area (Å²) in [6, 6.07) is 0. The molecule has 6 N–H and O–H groups in total. The lowest BCUT2D eigenvalue weighted by atomic mass is 9.99. The number of hydrogen-bond donors (Lipinski definition) is 6. The van der Waals surface area contributed by atoms with Gasteiger partial charge in [0.2, 0.25) is 0 Å². The molecule has 0 aliphatic carbocycles. The van der Waals surface area contributed by atoms with Crippen molar-refractivity contribution in [2.75, 3.05) is 6.61 Å². The fourth-order valence-corrected chi connectivity index (χ4v) is 4.09. The van der Waals surface area contributed by atoms with Crippen LogP contribution in [0, 0.1) is 0 Å². The molecular weight excluding hydrogens is 520 g/mol. The molecule has 9 atom stereocenters. The molecule has 0 aromatic carbocycles. The van der Waals surface area contributed by atoms with Crippen molar-refractivity contribution in [2.45, 2.75) is 101 Å². The Morgan fingerprint density at radius 2 is 1.57 bits per heavy atom. The van der Waals surface area contributed by atoms with Crippen LogP contribution >= 0.6 is 0 Å². The fourth-order valence-electron chi connectivity index (χ4n) is 4.09. The van der Waals surface area contributed by atoms with Crippen molar-refractivity contribution in [3.63, 3.8) is 0 Å². The third-order valence-electron chi connectivity index (χ3n) is 6.38. The first-order valence-corrected chi connectivity index (χ1v) is 13.7. The fraction of sp³-hybridized carbons (Fsp3) is 0.567. The van der Waals surface area contributed by atoms with Gasteiger partial charge in [0.25, 0.3) is 0 Å². The zero-order chi connectivity index (χ0) is 29.3. The van der Waals surface area contributed by atoms with Gasteiger partial charge in [-0.15, -0.1) is 0 Å². The monoisotopic (exact) mass is 564 g/mol. The van der Waals surface area contributed by atoms with Crippen LogP contribution in [-0.4, -0.2) is 98.3 Å². The summed E-state index contributed by atoms with van der Waals surface area (Å²) < 4.78 is 16.7. The standard InChI is InChI=1S/C30H44O10/c1-21-13-7-3-2-4-11-17-24(39-30-29(37)28(36)27(35)25(20-31)40-30)19-23(33)16-10-5-8-14-22(32)15-9-6-12-18-26(34)38-21/h2,4-6,8-12,14,17-18,21-25,27-33,35-37H,3,7,13,15-16,19-20H2,1H3/b4-2+,9-6+,10-5-,14-8+,17-11+,18-12-/t21-,22-,23+,24+,25-,27-,28+,29-,30-/m1/s1. The maximum atomic E-state index is 11.9. The molecule has 0 radical (unpaired) electrons. The van der Waals surface area contributed by atoms with Crippen LogP contribution in [-0.2, 0) is 19.0 Å². The highest BCUT2D eigenvalue weighted by atomic mass is 16.7. The molecule has 0 aromatic rings. The Hall–Kier alpha value is -2.41. The van der Waals surface area contributed by atoms with Crippen LogP contribution in [0.4, 0.5) is 0 Å². The molecule has 0 spiro atoms. The minimum Gasteiger partial charge on any atom is -0.460 e. The Kier molecular flexibility index (Phi) is 15.9. The van der Waals surface area contributed by atoms with Crippen LogP contribution in [0.3, 0.4) is 0 Å². The minimum atomic E-state index is -1.57. The second kappa shape index (κ2) is 18.8. The number of hydrogen-bond acceptors (Lipinski definition) is 10. The molecule has 0 aromatic heterocycles. The van der Waals surface area contributed by atoms with E-state index in [4.69, 9.17) is 14.2 Å². The van der Waals surface area contributed by atoms with E-state index >= 15 is 0 Å². The topological polar surface area (TPSA) is 166 Å². The number of allylic oxidation sites excluding steroid dienone is 7. The van der Waals surface area contributed by atoms with Crippen molar-refractivity contribution in [3.8, 4) is 0 Å². The quantitative estimate of drug-likeness (QED) is 0.277. The van der Waals surface area contributed by atoms with Crippen molar-refractivity contribution in [3.05, 3.63) is 72.9 Å². The van der Waals surface area contributed by atoms with Gasteiger partial charge in [0.1, 0.15) is 24.4 Å². The second-order valence-corrected chi connectivity index (χ2v) is 9.89. The van der Waals surface area contributed by atoms with E-state index in [0.717, 1.165) is 12.8 Å². The van der Waals surface area contributed by atoms with Crippen LogP contribution in [0.15, 0.2) is 72.9 Å². The normalized spacial score (nSPS) is 40.6. The van der Waals surface area contributed by atoms with Gasteiger partial charge in [-0.1, -0.05) is 66.8 Å². The molecule has 0 unspecified atom stereocenters. The summed E-state index contributed by atoms with van der Waals surface area (Å²) in [5.41, 5.74) is 0. The molecular formula is C30H44O10.